The summed E-state index contributed by atoms with van der Waals surface area (Å²) in [6.45, 7) is 5.15. The highest BCUT2D eigenvalue weighted by atomic mass is 32.3. The molecule has 0 aromatic heterocycles. The van der Waals surface area contributed by atoms with Crippen molar-refractivity contribution in [1.82, 2.24) is 0 Å². The third-order valence-electron chi connectivity index (χ3n) is 2.06. The summed E-state index contributed by atoms with van der Waals surface area (Å²) in [6.07, 6.45) is 4.30. The molecule has 118 valence electrons. The molecule has 0 atom stereocenters. The lowest BCUT2D eigenvalue weighted by atomic mass is 10.3. The molecule has 0 aliphatic carbocycles. The first-order chi connectivity index (χ1) is 9.56. The predicted molar refractivity (Wildman–Crippen MR) is 81.1 cm³/mol. The maximum atomic E-state index is 11.2. The van der Waals surface area contributed by atoms with E-state index < -0.39 is 10.4 Å². The Bertz CT molecular complexity index is 575. The molecule has 0 radical (unpaired) electrons. The summed E-state index contributed by atoms with van der Waals surface area (Å²) in [5.41, 5.74) is 0.407. The first kappa shape index (κ1) is 19.7. The van der Waals surface area contributed by atoms with Crippen LogP contribution in [-0.4, -0.2) is 38.6 Å². The number of rotatable bonds is 4. The minimum absolute atomic E-state index is 0.233. The molecular formula is C13H18O6S2. The molecule has 0 fully saturated rings. The molecule has 0 aliphatic heterocycles. The quantitative estimate of drug-likeness (QED) is 0.207. The number of esters is 1. The van der Waals surface area contributed by atoms with Crippen molar-refractivity contribution in [2.45, 2.75) is 11.8 Å². The average Bonchev–Trinajstić information content (AvgIpc) is 2.39. The van der Waals surface area contributed by atoms with Crippen molar-refractivity contribution in [2.75, 3.05) is 19.6 Å². The van der Waals surface area contributed by atoms with Gasteiger partial charge in [0, 0.05) is 16.5 Å². The average molecular weight is 334 g/mol. The first-order valence-electron chi connectivity index (χ1n) is 5.63. The molecule has 0 bridgehead atoms. The van der Waals surface area contributed by atoms with Gasteiger partial charge in [0.05, 0.1) is 7.11 Å². The Balaban J connectivity index is 0.000000567. The highest BCUT2D eigenvalue weighted by molar-refractivity contribution is 7.95. The number of hydrogen-bond acceptors (Lipinski definition) is 6. The summed E-state index contributed by atoms with van der Waals surface area (Å²) in [5.74, 6) is 0.187. The van der Waals surface area contributed by atoms with Crippen LogP contribution in [0.25, 0.3) is 0 Å². The van der Waals surface area contributed by atoms with Gasteiger partial charge in [-0.05, 0) is 31.2 Å². The second kappa shape index (κ2) is 8.83. The maximum absolute atomic E-state index is 11.2. The SMILES string of the molecule is C=C(C)C(=O)Oc1ccc([S+](C)C)cc1.COS(=O)(=O)[O-]. The zero-order valence-electron chi connectivity index (χ0n) is 12.3. The van der Waals surface area contributed by atoms with Crippen molar-refractivity contribution < 1.29 is 26.7 Å². The van der Waals surface area contributed by atoms with E-state index in [1.54, 1.807) is 6.92 Å². The van der Waals surface area contributed by atoms with Gasteiger partial charge < -0.3 is 9.29 Å². The van der Waals surface area contributed by atoms with Crippen LogP contribution in [0.15, 0.2) is 41.3 Å². The van der Waals surface area contributed by atoms with E-state index in [1.807, 2.05) is 24.3 Å². The fourth-order valence-electron chi connectivity index (χ4n) is 0.974. The smallest absolute Gasteiger partial charge is 0.338 e. The molecule has 0 aliphatic rings. The Morgan fingerprint density at radius 3 is 1.95 bits per heavy atom. The summed E-state index contributed by atoms with van der Waals surface area (Å²) >= 11 is 0. The van der Waals surface area contributed by atoms with Gasteiger partial charge in [-0.1, -0.05) is 6.58 Å². The van der Waals surface area contributed by atoms with Gasteiger partial charge in [0.25, 0.3) is 0 Å². The Hall–Kier alpha value is -1.35. The molecule has 0 saturated carbocycles. The molecule has 21 heavy (non-hydrogen) atoms. The summed E-state index contributed by atoms with van der Waals surface area (Å²) in [4.78, 5) is 12.5. The fourth-order valence-corrected chi connectivity index (χ4v) is 1.65. The van der Waals surface area contributed by atoms with Crippen LogP contribution in [-0.2, 0) is 30.3 Å². The Kier molecular flexibility index (Phi) is 8.26. The number of carbonyl (C=O) groups excluding carboxylic acids is 1. The van der Waals surface area contributed by atoms with Gasteiger partial charge >= 0.3 is 5.97 Å². The number of hydrogen-bond donors (Lipinski definition) is 0. The van der Waals surface area contributed by atoms with E-state index in [1.165, 1.54) is 4.90 Å². The van der Waals surface area contributed by atoms with Crippen molar-refractivity contribution in [3.8, 4) is 5.75 Å². The molecule has 0 amide bonds. The van der Waals surface area contributed by atoms with Crippen molar-refractivity contribution in [3.05, 3.63) is 36.4 Å². The van der Waals surface area contributed by atoms with Crippen molar-refractivity contribution in [3.63, 3.8) is 0 Å². The van der Waals surface area contributed by atoms with Crippen LogP contribution in [0.1, 0.15) is 6.92 Å². The minimum atomic E-state index is -4.41. The van der Waals surface area contributed by atoms with Gasteiger partial charge in [-0.3, -0.25) is 4.18 Å². The van der Waals surface area contributed by atoms with Gasteiger partial charge in [0.1, 0.15) is 18.3 Å². The highest BCUT2D eigenvalue weighted by Crippen LogP contribution is 2.16. The van der Waals surface area contributed by atoms with Gasteiger partial charge in [0.2, 0.25) is 10.4 Å². The van der Waals surface area contributed by atoms with Gasteiger partial charge in [-0.15, -0.1) is 0 Å². The van der Waals surface area contributed by atoms with Crippen LogP contribution < -0.4 is 4.74 Å². The summed E-state index contributed by atoms with van der Waals surface area (Å²) in [6, 6.07) is 7.57. The van der Waals surface area contributed by atoms with Gasteiger partial charge in [0.15, 0.2) is 4.90 Å². The van der Waals surface area contributed by atoms with Crippen molar-refractivity contribution in [2.24, 2.45) is 0 Å². The first-order valence-corrected chi connectivity index (χ1v) is 9.01. The van der Waals surface area contributed by atoms with Gasteiger partial charge in [-0.25, -0.2) is 13.2 Å². The molecule has 6 nitrogen and oxygen atoms in total. The standard InChI is InChI=1S/C12H15O2S.CH4O4S/c1-9(2)12(13)14-10-5-7-11(8-6-10)15(3)4;1-5-6(2,3)4/h5-8H,1H2,2-4H3;1H3,(H,2,3,4)/q+1;/p-1. The van der Waals surface area contributed by atoms with Crippen LogP contribution in [0.4, 0.5) is 0 Å². The second-order valence-electron chi connectivity index (χ2n) is 4.03. The molecule has 0 saturated heterocycles. The second-order valence-corrected chi connectivity index (χ2v) is 7.29. The molecule has 1 rings (SSSR count). The van der Waals surface area contributed by atoms with Crippen LogP contribution >= 0.6 is 0 Å². The minimum Gasteiger partial charge on any atom is -0.726 e. The molecule has 1 aromatic rings. The number of carbonyl (C=O) groups is 1. The zero-order valence-corrected chi connectivity index (χ0v) is 13.9. The van der Waals surface area contributed by atoms with Gasteiger partial charge in [-0.2, -0.15) is 0 Å². The molecule has 0 spiro atoms. The third-order valence-corrected chi connectivity index (χ3v) is 3.68. The monoisotopic (exact) mass is 334 g/mol. The lowest BCUT2D eigenvalue weighted by molar-refractivity contribution is -0.130. The fraction of sp³-hybridized carbons (Fsp3) is 0.308. The van der Waals surface area contributed by atoms with E-state index >= 15 is 0 Å². The van der Waals surface area contributed by atoms with Crippen LogP contribution in [0.3, 0.4) is 0 Å². The van der Waals surface area contributed by atoms with Crippen molar-refractivity contribution >= 4 is 27.3 Å². The Morgan fingerprint density at radius 1 is 1.24 bits per heavy atom. The van der Waals surface area contributed by atoms with E-state index in [0.29, 0.717) is 11.3 Å². The van der Waals surface area contributed by atoms with Crippen LogP contribution in [0.5, 0.6) is 5.75 Å². The normalized spacial score (nSPS) is 10.6. The molecule has 0 heterocycles. The van der Waals surface area contributed by atoms with Crippen LogP contribution in [0.2, 0.25) is 0 Å². The predicted octanol–water partition coefficient (Wildman–Crippen LogP) is 1.50. The Labute approximate surface area is 128 Å². The molecular weight excluding hydrogens is 316 g/mol. The topological polar surface area (TPSA) is 92.7 Å². The molecule has 8 heteroatoms. The van der Waals surface area contributed by atoms with E-state index in [2.05, 4.69) is 23.3 Å². The van der Waals surface area contributed by atoms with Crippen molar-refractivity contribution in [1.29, 1.82) is 0 Å². The largest absolute Gasteiger partial charge is 0.726 e. The molecule has 1 aromatic carbocycles. The zero-order chi connectivity index (χ0) is 16.6. The third kappa shape index (κ3) is 9.24. The molecule has 0 unspecified atom stereocenters. The summed E-state index contributed by atoms with van der Waals surface area (Å²) in [5, 5.41) is 0. The lowest BCUT2D eigenvalue weighted by Crippen LogP contribution is -2.08. The highest BCUT2D eigenvalue weighted by Gasteiger charge is 2.09. The van der Waals surface area contributed by atoms with E-state index in [0.717, 1.165) is 7.11 Å². The van der Waals surface area contributed by atoms with E-state index in [4.69, 9.17) is 4.74 Å². The van der Waals surface area contributed by atoms with E-state index in [9.17, 15) is 17.8 Å². The number of ether oxygens (including phenoxy) is 1. The lowest BCUT2D eigenvalue weighted by Gasteiger charge is -2.03. The number of benzene rings is 1. The molecule has 0 N–H and O–H groups in total. The summed E-state index contributed by atoms with van der Waals surface area (Å²) < 4.78 is 36.1. The summed E-state index contributed by atoms with van der Waals surface area (Å²) in [7, 11) is -3.37. The Morgan fingerprint density at radius 2 is 1.67 bits per heavy atom. The maximum Gasteiger partial charge on any atom is 0.338 e. The van der Waals surface area contributed by atoms with E-state index in [-0.39, 0.29) is 16.9 Å². The van der Waals surface area contributed by atoms with Crippen LogP contribution in [0, 0.1) is 0 Å².